The van der Waals surface area contributed by atoms with Crippen molar-refractivity contribution >= 4 is 49.6 Å². The van der Waals surface area contributed by atoms with E-state index >= 15 is 0 Å². The van der Waals surface area contributed by atoms with E-state index in [1.807, 2.05) is 66.7 Å². The fourth-order valence-electron chi connectivity index (χ4n) is 7.42. The van der Waals surface area contributed by atoms with Gasteiger partial charge in [-0.25, -0.2) is 24.9 Å². The van der Waals surface area contributed by atoms with Crippen LogP contribution >= 0.6 is 0 Å². The molecule has 0 radical (unpaired) electrons. The summed E-state index contributed by atoms with van der Waals surface area (Å²) in [5.41, 5.74) is 11.5. The highest BCUT2D eigenvalue weighted by Gasteiger charge is 2.29. The maximum absolute atomic E-state index is 6.16. The van der Waals surface area contributed by atoms with Crippen LogP contribution in [0.15, 0.2) is 162 Å². The van der Waals surface area contributed by atoms with Crippen molar-refractivity contribution in [3.05, 3.63) is 169 Å². The third-order valence-corrected chi connectivity index (χ3v) is 10.1. The minimum Gasteiger partial charge on any atom is -0.456 e. The lowest BCUT2D eigenvalue weighted by molar-refractivity contribution is 0.616. The van der Waals surface area contributed by atoms with Gasteiger partial charge in [0, 0.05) is 39.4 Å². The zero-order valence-electron chi connectivity index (χ0n) is 28.3. The highest BCUT2D eigenvalue weighted by Crippen LogP contribution is 2.41. The molecular formula is C46H31N5O. The summed E-state index contributed by atoms with van der Waals surface area (Å²) >= 11 is 0. The first-order valence-corrected chi connectivity index (χ1v) is 17.5. The lowest BCUT2D eigenvalue weighted by Crippen LogP contribution is -2.17. The highest BCUT2D eigenvalue weighted by molar-refractivity contribution is 6.09. The van der Waals surface area contributed by atoms with Crippen molar-refractivity contribution in [2.24, 2.45) is 5.92 Å². The Labute approximate surface area is 299 Å². The number of benzene rings is 6. The van der Waals surface area contributed by atoms with Crippen LogP contribution in [-0.4, -0.2) is 24.9 Å². The van der Waals surface area contributed by atoms with Crippen LogP contribution in [0.1, 0.15) is 24.2 Å². The molecule has 0 saturated carbocycles. The van der Waals surface area contributed by atoms with E-state index in [-0.39, 0.29) is 11.8 Å². The van der Waals surface area contributed by atoms with Crippen molar-refractivity contribution in [3.8, 4) is 33.9 Å². The van der Waals surface area contributed by atoms with Crippen LogP contribution in [0.2, 0.25) is 0 Å². The van der Waals surface area contributed by atoms with Gasteiger partial charge in [-0.1, -0.05) is 140 Å². The molecule has 246 valence electrons. The normalized spacial score (nSPS) is 15.8. The minimum atomic E-state index is -0.0894. The molecule has 6 heteroatoms. The molecule has 10 rings (SSSR count). The van der Waals surface area contributed by atoms with Crippen LogP contribution in [0.4, 0.5) is 0 Å². The molecule has 0 bridgehead atoms. The number of nitrogens with zero attached hydrogens (tertiary/aromatic N) is 5. The summed E-state index contributed by atoms with van der Waals surface area (Å²) in [7, 11) is 0. The topological polar surface area (TPSA) is 77.6 Å². The van der Waals surface area contributed by atoms with Crippen molar-refractivity contribution in [1.29, 1.82) is 0 Å². The molecule has 52 heavy (non-hydrogen) atoms. The SMILES string of the molecule is CC1C(c2cccc3nc4cc5oc6ccccc6c5cc4nc23)=CC=CC1c1nc(-c2ccccc2)nc(-c2ccc(-c3ccccc3)cc2)n1. The molecule has 0 spiro atoms. The van der Waals surface area contributed by atoms with Crippen LogP contribution in [0.5, 0.6) is 0 Å². The zero-order valence-corrected chi connectivity index (χ0v) is 28.3. The van der Waals surface area contributed by atoms with Gasteiger partial charge in [0.2, 0.25) is 0 Å². The lowest BCUT2D eigenvalue weighted by atomic mass is 9.79. The van der Waals surface area contributed by atoms with Gasteiger partial charge in [-0.2, -0.15) is 0 Å². The maximum Gasteiger partial charge on any atom is 0.163 e. The smallest absolute Gasteiger partial charge is 0.163 e. The Morgan fingerprint density at radius 3 is 1.94 bits per heavy atom. The first kappa shape index (κ1) is 30.1. The van der Waals surface area contributed by atoms with Crippen LogP contribution in [0, 0.1) is 5.92 Å². The van der Waals surface area contributed by atoms with E-state index in [1.54, 1.807) is 0 Å². The van der Waals surface area contributed by atoms with Crippen LogP contribution < -0.4 is 0 Å². The number of rotatable bonds is 5. The van der Waals surface area contributed by atoms with Gasteiger partial charge in [0.15, 0.2) is 11.6 Å². The Bertz CT molecular complexity index is 2860. The zero-order chi connectivity index (χ0) is 34.6. The third-order valence-electron chi connectivity index (χ3n) is 10.1. The summed E-state index contributed by atoms with van der Waals surface area (Å²) in [6.07, 6.45) is 6.51. The average molecular weight is 670 g/mol. The molecule has 1 aliphatic rings. The highest BCUT2D eigenvalue weighted by atomic mass is 16.3. The molecule has 0 fully saturated rings. The fraction of sp³-hybridized carbons (Fsp3) is 0.0652. The van der Waals surface area contributed by atoms with Gasteiger partial charge >= 0.3 is 0 Å². The maximum atomic E-state index is 6.16. The number of para-hydroxylation sites is 2. The van der Waals surface area contributed by atoms with Crippen LogP contribution in [-0.2, 0) is 0 Å². The molecule has 3 aromatic heterocycles. The molecule has 9 aromatic rings. The lowest BCUT2D eigenvalue weighted by Gasteiger charge is -2.26. The largest absolute Gasteiger partial charge is 0.456 e. The predicted molar refractivity (Wildman–Crippen MR) is 209 cm³/mol. The molecule has 0 aliphatic heterocycles. The molecule has 1 aliphatic carbocycles. The standard InChI is InChI=1S/C46H31N5O/c1-28-33(36-19-11-20-38-43(36)48-39-26-37-35-16-8-9-21-41(35)52-42(37)27-40(39)47-38)17-10-18-34(28)46-50-44(31-14-6-3-7-15-31)49-45(51-46)32-24-22-30(23-25-32)29-12-4-2-5-13-29/h2-28,34H,1H3. The van der Waals surface area contributed by atoms with Crippen molar-refractivity contribution in [3.63, 3.8) is 0 Å². The summed E-state index contributed by atoms with van der Waals surface area (Å²) in [5, 5.41) is 2.11. The monoisotopic (exact) mass is 669 g/mol. The molecule has 2 unspecified atom stereocenters. The van der Waals surface area contributed by atoms with E-state index in [0.29, 0.717) is 11.6 Å². The minimum absolute atomic E-state index is 0.0488. The van der Waals surface area contributed by atoms with E-state index in [2.05, 4.69) is 97.9 Å². The molecule has 0 amide bonds. The molecular weight excluding hydrogens is 639 g/mol. The summed E-state index contributed by atoms with van der Waals surface area (Å²) < 4.78 is 6.16. The molecule has 3 heterocycles. The van der Waals surface area contributed by atoms with E-state index in [1.165, 1.54) is 5.56 Å². The molecule has 0 N–H and O–H groups in total. The van der Waals surface area contributed by atoms with Crippen molar-refractivity contribution in [2.75, 3.05) is 0 Å². The van der Waals surface area contributed by atoms with Gasteiger partial charge in [-0.15, -0.1) is 0 Å². The van der Waals surface area contributed by atoms with Crippen LogP contribution in [0.25, 0.3) is 83.5 Å². The second-order valence-electron chi connectivity index (χ2n) is 13.3. The van der Waals surface area contributed by atoms with Gasteiger partial charge in [-0.05, 0) is 40.8 Å². The van der Waals surface area contributed by atoms with Gasteiger partial charge in [0.1, 0.15) is 17.0 Å². The number of allylic oxidation sites excluding steroid dienone is 4. The Balaban J connectivity index is 1.06. The fourth-order valence-corrected chi connectivity index (χ4v) is 7.42. The average Bonchev–Trinajstić information content (AvgIpc) is 3.57. The van der Waals surface area contributed by atoms with E-state index < -0.39 is 0 Å². The predicted octanol–water partition coefficient (Wildman–Crippen LogP) is 11.2. The van der Waals surface area contributed by atoms with Gasteiger partial charge in [0.25, 0.3) is 0 Å². The summed E-state index contributed by atoms with van der Waals surface area (Å²) in [6, 6.07) is 47.4. The second-order valence-corrected chi connectivity index (χ2v) is 13.3. The van der Waals surface area contributed by atoms with E-state index in [9.17, 15) is 0 Å². The third kappa shape index (κ3) is 5.15. The molecule has 2 atom stereocenters. The van der Waals surface area contributed by atoms with Gasteiger partial charge in [0.05, 0.1) is 22.1 Å². The molecule has 6 aromatic carbocycles. The van der Waals surface area contributed by atoms with Crippen molar-refractivity contribution in [2.45, 2.75) is 12.8 Å². The van der Waals surface area contributed by atoms with E-state index in [4.69, 9.17) is 29.3 Å². The molecule has 0 saturated heterocycles. The quantitative estimate of drug-likeness (QED) is 0.170. The number of hydrogen-bond donors (Lipinski definition) is 0. The number of furan rings is 1. The summed E-state index contributed by atoms with van der Waals surface area (Å²) in [4.78, 5) is 25.6. The second kappa shape index (κ2) is 12.2. The Morgan fingerprint density at radius 2 is 1.15 bits per heavy atom. The number of hydrogen-bond acceptors (Lipinski definition) is 6. The number of aromatic nitrogens is 5. The van der Waals surface area contributed by atoms with Crippen molar-refractivity contribution < 1.29 is 4.42 Å². The summed E-state index contributed by atoms with van der Waals surface area (Å²) in [5.74, 6) is 2.00. The van der Waals surface area contributed by atoms with E-state index in [0.717, 1.165) is 77.7 Å². The van der Waals surface area contributed by atoms with Crippen molar-refractivity contribution in [1.82, 2.24) is 24.9 Å². The summed E-state index contributed by atoms with van der Waals surface area (Å²) in [6.45, 7) is 2.24. The van der Waals surface area contributed by atoms with Crippen LogP contribution in [0.3, 0.4) is 0 Å². The number of fused-ring (bicyclic) bond motifs is 5. The molecule has 6 nitrogen and oxygen atoms in total. The first-order valence-electron chi connectivity index (χ1n) is 17.5. The Morgan fingerprint density at radius 1 is 0.500 bits per heavy atom. The Hall–Kier alpha value is -6.79. The van der Waals surface area contributed by atoms with Gasteiger partial charge in [-0.3, -0.25) is 0 Å². The van der Waals surface area contributed by atoms with Gasteiger partial charge < -0.3 is 4.42 Å². The first-order chi connectivity index (χ1) is 25.7. The Kier molecular flexibility index (Phi) is 7.06.